The summed E-state index contributed by atoms with van der Waals surface area (Å²) in [5, 5.41) is 3.47. The molecule has 1 aromatic heterocycles. The smallest absolute Gasteiger partial charge is 0.345 e. The molecule has 6 heteroatoms. The van der Waals surface area contributed by atoms with Gasteiger partial charge in [-0.2, -0.15) is 0 Å². The third-order valence-corrected chi connectivity index (χ3v) is 3.57. The van der Waals surface area contributed by atoms with Gasteiger partial charge in [-0.05, 0) is 18.6 Å². The average molecular weight is 289 g/mol. The Hall–Kier alpha value is -2.08. The molecule has 0 atom stereocenters. The van der Waals surface area contributed by atoms with Gasteiger partial charge in [-0.3, -0.25) is 4.79 Å². The van der Waals surface area contributed by atoms with Gasteiger partial charge in [0.05, 0.1) is 10.8 Å². The van der Waals surface area contributed by atoms with Crippen LogP contribution >= 0.6 is 11.8 Å². The van der Waals surface area contributed by atoms with Crippen LogP contribution in [0.25, 0.3) is 0 Å². The second-order valence-electron chi connectivity index (χ2n) is 4.29. The fourth-order valence-electron chi connectivity index (χ4n) is 1.54. The summed E-state index contributed by atoms with van der Waals surface area (Å²) < 4.78 is 0. The largest absolute Gasteiger partial charge is 0.351 e. The van der Waals surface area contributed by atoms with E-state index in [0.717, 1.165) is 5.56 Å². The van der Waals surface area contributed by atoms with Gasteiger partial charge >= 0.3 is 5.69 Å². The van der Waals surface area contributed by atoms with Crippen molar-refractivity contribution in [2.45, 2.75) is 18.5 Å². The number of benzene rings is 1. The minimum Gasteiger partial charge on any atom is -0.351 e. The topological polar surface area (TPSA) is 74.8 Å². The van der Waals surface area contributed by atoms with Crippen LogP contribution in [0, 0.1) is 6.92 Å². The summed E-state index contributed by atoms with van der Waals surface area (Å²) in [4.78, 5) is 28.8. The van der Waals surface area contributed by atoms with E-state index in [0.29, 0.717) is 11.6 Å². The van der Waals surface area contributed by atoms with E-state index in [9.17, 15) is 9.59 Å². The van der Waals surface area contributed by atoms with Crippen LogP contribution in [0.4, 0.5) is 0 Å². The number of nitrogens with one attached hydrogen (secondary N) is 2. The number of H-pyrrole nitrogens is 1. The van der Waals surface area contributed by atoms with Crippen LogP contribution in [-0.4, -0.2) is 21.6 Å². The quantitative estimate of drug-likeness (QED) is 0.646. The zero-order valence-corrected chi connectivity index (χ0v) is 11.9. The Morgan fingerprint density at radius 2 is 2.05 bits per heavy atom. The molecule has 0 aliphatic heterocycles. The van der Waals surface area contributed by atoms with Crippen LogP contribution in [0.15, 0.2) is 46.3 Å². The Morgan fingerprint density at radius 1 is 1.30 bits per heavy atom. The predicted octanol–water partition coefficient (Wildman–Crippen LogP) is 1.49. The van der Waals surface area contributed by atoms with Gasteiger partial charge in [0.2, 0.25) is 5.91 Å². The van der Waals surface area contributed by atoms with Crippen molar-refractivity contribution in [3.63, 3.8) is 0 Å². The Bertz CT molecular complexity index is 637. The van der Waals surface area contributed by atoms with E-state index in [-0.39, 0.29) is 11.7 Å². The van der Waals surface area contributed by atoms with Crippen molar-refractivity contribution in [1.29, 1.82) is 0 Å². The lowest BCUT2D eigenvalue weighted by Crippen LogP contribution is -2.24. The summed E-state index contributed by atoms with van der Waals surface area (Å²) in [6.07, 6.45) is 1.42. The maximum absolute atomic E-state index is 11.7. The molecule has 5 nitrogen and oxygen atoms in total. The highest BCUT2D eigenvalue weighted by molar-refractivity contribution is 7.99. The first-order valence-electron chi connectivity index (χ1n) is 6.14. The van der Waals surface area contributed by atoms with Crippen LogP contribution < -0.4 is 11.0 Å². The van der Waals surface area contributed by atoms with Gasteiger partial charge in [-0.15, -0.1) is 0 Å². The van der Waals surface area contributed by atoms with Crippen molar-refractivity contribution in [2.24, 2.45) is 0 Å². The predicted molar refractivity (Wildman–Crippen MR) is 78.6 cm³/mol. The Kier molecular flexibility index (Phi) is 4.95. The number of nitrogens with zero attached hydrogens (tertiary/aromatic N) is 1. The first-order chi connectivity index (χ1) is 9.63. The van der Waals surface area contributed by atoms with Gasteiger partial charge in [0.1, 0.15) is 0 Å². The molecule has 0 spiro atoms. The van der Waals surface area contributed by atoms with Gasteiger partial charge in [0.25, 0.3) is 0 Å². The second kappa shape index (κ2) is 6.91. The highest BCUT2D eigenvalue weighted by Gasteiger charge is 2.03. The summed E-state index contributed by atoms with van der Waals surface area (Å²) in [5.41, 5.74) is 1.85. The number of thioether (sulfide) groups is 1. The molecule has 0 unspecified atom stereocenters. The molecule has 2 N–H and O–H groups in total. The third-order valence-electron chi connectivity index (χ3n) is 2.62. The molecule has 1 aromatic carbocycles. The molecule has 104 valence electrons. The zero-order chi connectivity index (χ0) is 14.4. The normalized spacial score (nSPS) is 10.2. The Balaban J connectivity index is 1.78. The first-order valence-corrected chi connectivity index (χ1v) is 7.12. The minimum absolute atomic E-state index is 0.0757. The van der Waals surface area contributed by atoms with Crippen LogP contribution in [0.5, 0.6) is 0 Å². The fraction of sp³-hybridized carbons (Fsp3) is 0.214. The van der Waals surface area contributed by atoms with Crippen molar-refractivity contribution in [1.82, 2.24) is 15.3 Å². The second-order valence-corrected chi connectivity index (χ2v) is 5.31. The molecule has 0 fully saturated rings. The number of hydrogen-bond donors (Lipinski definition) is 2. The van der Waals surface area contributed by atoms with Crippen molar-refractivity contribution in [3.8, 4) is 0 Å². The fourth-order valence-corrected chi connectivity index (χ4v) is 2.24. The van der Waals surface area contributed by atoms with Crippen molar-refractivity contribution in [2.75, 3.05) is 5.75 Å². The van der Waals surface area contributed by atoms with Crippen molar-refractivity contribution in [3.05, 3.63) is 58.1 Å². The standard InChI is InChI=1S/C14H15N3O2S/c1-10-2-4-11(5-3-10)8-16-12(18)9-20-13-6-7-15-14(19)17-13/h2-7H,8-9H2,1H3,(H,16,18)(H,15,17,19). The number of aryl methyl sites for hydroxylation is 1. The number of hydrogen-bond acceptors (Lipinski definition) is 4. The van der Waals surface area contributed by atoms with Crippen LogP contribution in [0.1, 0.15) is 11.1 Å². The number of aromatic nitrogens is 2. The molecular weight excluding hydrogens is 274 g/mol. The Labute approximate surface area is 120 Å². The molecule has 0 aliphatic rings. The van der Waals surface area contributed by atoms with Gasteiger partial charge in [-0.1, -0.05) is 41.6 Å². The van der Waals surface area contributed by atoms with Gasteiger partial charge in [-0.25, -0.2) is 9.78 Å². The zero-order valence-electron chi connectivity index (χ0n) is 11.1. The van der Waals surface area contributed by atoms with E-state index in [2.05, 4.69) is 15.3 Å². The lowest BCUT2D eigenvalue weighted by Gasteiger charge is -2.05. The minimum atomic E-state index is -0.407. The van der Waals surface area contributed by atoms with E-state index < -0.39 is 5.69 Å². The van der Waals surface area contributed by atoms with Crippen LogP contribution in [-0.2, 0) is 11.3 Å². The van der Waals surface area contributed by atoms with Gasteiger partial charge in [0, 0.05) is 12.7 Å². The molecule has 0 saturated carbocycles. The number of aromatic amines is 1. The van der Waals surface area contributed by atoms with Gasteiger partial charge < -0.3 is 10.3 Å². The monoisotopic (exact) mass is 289 g/mol. The van der Waals surface area contributed by atoms with E-state index in [1.807, 2.05) is 31.2 Å². The average Bonchev–Trinajstić information content (AvgIpc) is 2.45. The van der Waals surface area contributed by atoms with Gasteiger partial charge in [0.15, 0.2) is 0 Å². The lowest BCUT2D eigenvalue weighted by atomic mass is 10.1. The highest BCUT2D eigenvalue weighted by atomic mass is 32.2. The van der Waals surface area contributed by atoms with Crippen LogP contribution in [0.2, 0.25) is 0 Å². The van der Waals surface area contributed by atoms with E-state index in [1.54, 1.807) is 6.07 Å². The number of amides is 1. The summed E-state index contributed by atoms with van der Waals surface area (Å²) in [5.74, 6) is 0.180. The maximum atomic E-state index is 11.7. The number of carbonyl (C=O) groups excluding carboxylic acids is 1. The van der Waals surface area contributed by atoms with E-state index in [4.69, 9.17) is 0 Å². The Morgan fingerprint density at radius 3 is 2.75 bits per heavy atom. The van der Waals surface area contributed by atoms with Crippen molar-refractivity contribution < 1.29 is 4.79 Å². The molecule has 1 heterocycles. The third kappa shape index (κ3) is 4.55. The summed E-state index contributed by atoms with van der Waals surface area (Å²) in [6, 6.07) is 9.67. The molecule has 0 bridgehead atoms. The maximum Gasteiger partial charge on any atom is 0.345 e. The lowest BCUT2D eigenvalue weighted by molar-refractivity contribution is -0.118. The summed E-state index contributed by atoms with van der Waals surface area (Å²) in [6.45, 7) is 2.53. The number of carbonyl (C=O) groups is 1. The molecule has 1 amide bonds. The highest BCUT2D eigenvalue weighted by Crippen LogP contribution is 2.11. The summed E-state index contributed by atoms with van der Waals surface area (Å²) >= 11 is 1.27. The molecule has 20 heavy (non-hydrogen) atoms. The molecule has 0 aliphatic carbocycles. The molecule has 2 rings (SSSR count). The molecule has 0 saturated heterocycles. The SMILES string of the molecule is Cc1ccc(CNC(=O)CSc2ccnc(=O)[nH]2)cc1. The molecule has 0 radical (unpaired) electrons. The molecule has 2 aromatic rings. The van der Waals surface area contributed by atoms with E-state index >= 15 is 0 Å². The van der Waals surface area contributed by atoms with Crippen molar-refractivity contribution >= 4 is 17.7 Å². The first kappa shape index (κ1) is 14.3. The summed E-state index contributed by atoms with van der Waals surface area (Å²) in [7, 11) is 0. The van der Waals surface area contributed by atoms with Crippen LogP contribution in [0.3, 0.4) is 0 Å². The van der Waals surface area contributed by atoms with E-state index in [1.165, 1.54) is 23.5 Å². The number of rotatable bonds is 5. The molecular formula is C14H15N3O2S.